The predicted octanol–water partition coefficient (Wildman–Crippen LogP) is 2.29. The summed E-state index contributed by atoms with van der Waals surface area (Å²) in [6, 6.07) is 0. The van der Waals surface area contributed by atoms with Gasteiger partial charge < -0.3 is 5.11 Å². The van der Waals surface area contributed by atoms with Crippen molar-refractivity contribution in [3.63, 3.8) is 0 Å². The van der Waals surface area contributed by atoms with E-state index in [1.54, 1.807) is 0 Å². The molecule has 0 amide bonds. The van der Waals surface area contributed by atoms with Crippen molar-refractivity contribution in [1.82, 2.24) is 0 Å². The van der Waals surface area contributed by atoms with Crippen LogP contribution in [0.2, 0.25) is 0 Å². The van der Waals surface area contributed by atoms with Crippen LogP contribution >= 0.6 is 0 Å². The Morgan fingerprint density at radius 2 is 1.75 bits per heavy atom. The average molecular weight is 292 g/mol. The standard InChI is InChI=1S/C10H18O.Ba/c1-9(2)5-4-6-10(3)7-8-11;/h5,7,11H,4,6,8H2,1-3H3;/b10-7-;. The average Bonchev–Trinajstić information content (AvgIpc) is 1.87. The van der Waals surface area contributed by atoms with Crippen LogP contribution in [0.3, 0.4) is 0 Å². The molecule has 0 heterocycles. The van der Waals surface area contributed by atoms with Gasteiger partial charge in [-0.2, -0.15) is 0 Å². The van der Waals surface area contributed by atoms with Gasteiger partial charge in [-0.25, -0.2) is 0 Å². The zero-order valence-corrected chi connectivity index (χ0v) is 12.9. The zero-order chi connectivity index (χ0) is 8.69. The van der Waals surface area contributed by atoms with Crippen molar-refractivity contribution in [3.05, 3.63) is 23.3 Å². The largest absolute Gasteiger partial charge is 0.392 e. The fourth-order valence-electron chi connectivity index (χ4n) is 0.846. The number of aliphatic hydroxyl groups is 1. The molecule has 0 unspecified atom stereocenters. The number of aliphatic hydroxyl groups excluding tert-OH is 1. The maximum atomic E-state index is 8.55. The first-order chi connectivity index (χ1) is 5.16. The van der Waals surface area contributed by atoms with Crippen molar-refractivity contribution < 1.29 is 5.11 Å². The van der Waals surface area contributed by atoms with Crippen LogP contribution < -0.4 is 0 Å². The second-order valence-electron chi connectivity index (χ2n) is 3.05. The molecule has 0 aromatic heterocycles. The first-order valence-corrected chi connectivity index (χ1v) is 4.06. The minimum Gasteiger partial charge on any atom is -0.392 e. The van der Waals surface area contributed by atoms with Crippen molar-refractivity contribution in [2.24, 2.45) is 0 Å². The van der Waals surface area contributed by atoms with E-state index >= 15 is 0 Å². The topological polar surface area (TPSA) is 20.2 Å². The molecule has 0 aromatic rings. The Morgan fingerprint density at radius 1 is 1.17 bits per heavy atom. The van der Waals surface area contributed by atoms with Gasteiger partial charge in [-0.1, -0.05) is 23.3 Å². The van der Waals surface area contributed by atoms with Crippen LogP contribution in [-0.4, -0.2) is 60.6 Å². The first kappa shape index (κ1) is 15.5. The minimum atomic E-state index is 0. The summed E-state index contributed by atoms with van der Waals surface area (Å²) in [5, 5.41) is 8.55. The summed E-state index contributed by atoms with van der Waals surface area (Å²) in [6.45, 7) is 6.42. The van der Waals surface area contributed by atoms with E-state index in [-0.39, 0.29) is 55.5 Å². The number of rotatable bonds is 4. The molecule has 66 valence electrons. The van der Waals surface area contributed by atoms with Gasteiger partial charge in [0.25, 0.3) is 0 Å². The van der Waals surface area contributed by atoms with Gasteiger partial charge in [0.15, 0.2) is 0 Å². The molecule has 0 aliphatic rings. The van der Waals surface area contributed by atoms with E-state index in [9.17, 15) is 0 Å². The van der Waals surface area contributed by atoms with Gasteiger partial charge in [-0.05, 0) is 33.6 Å². The Morgan fingerprint density at radius 3 is 2.17 bits per heavy atom. The summed E-state index contributed by atoms with van der Waals surface area (Å²) in [6.07, 6.45) is 6.23. The predicted molar refractivity (Wildman–Crippen MR) is 55.3 cm³/mol. The Kier molecular flexibility index (Phi) is 13.0. The van der Waals surface area contributed by atoms with E-state index in [4.69, 9.17) is 5.11 Å². The molecule has 0 aromatic carbocycles. The Bertz CT molecular complexity index is 155. The van der Waals surface area contributed by atoms with Gasteiger partial charge in [0.05, 0.1) is 6.61 Å². The van der Waals surface area contributed by atoms with Crippen LogP contribution in [0.4, 0.5) is 0 Å². The number of hydrogen-bond acceptors (Lipinski definition) is 1. The molecule has 2 radical (unpaired) electrons. The quantitative estimate of drug-likeness (QED) is 0.622. The number of allylic oxidation sites excluding steroid dienone is 3. The van der Waals surface area contributed by atoms with Crippen LogP contribution in [0.15, 0.2) is 23.3 Å². The van der Waals surface area contributed by atoms with Gasteiger partial charge >= 0.3 is 0 Å². The van der Waals surface area contributed by atoms with E-state index in [0.717, 1.165) is 12.8 Å². The van der Waals surface area contributed by atoms with Crippen LogP contribution in [0.25, 0.3) is 0 Å². The summed E-state index contributed by atoms with van der Waals surface area (Å²) in [5.41, 5.74) is 2.63. The molecule has 1 N–H and O–H groups in total. The molecule has 0 fully saturated rings. The van der Waals surface area contributed by atoms with Crippen LogP contribution in [-0.2, 0) is 0 Å². The zero-order valence-electron chi connectivity index (χ0n) is 8.43. The summed E-state index contributed by atoms with van der Waals surface area (Å²) < 4.78 is 0. The number of hydrogen-bond donors (Lipinski definition) is 1. The fraction of sp³-hybridized carbons (Fsp3) is 0.600. The fourth-order valence-corrected chi connectivity index (χ4v) is 0.846. The molecule has 0 spiro atoms. The van der Waals surface area contributed by atoms with Crippen LogP contribution in [0.5, 0.6) is 0 Å². The second-order valence-corrected chi connectivity index (χ2v) is 3.05. The van der Waals surface area contributed by atoms with E-state index in [1.807, 2.05) is 6.08 Å². The molecule has 0 bridgehead atoms. The van der Waals surface area contributed by atoms with Crippen molar-refractivity contribution >= 4 is 48.9 Å². The Hall–Kier alpha value is 1.01. The SMILES string of the molecule is CC(C)=CCC/C(C)=C\CO.[Ba]. The molecule has 2 heteroatoms. The van der Waals surface area contributed by atoms with E-state index in [1.165, 1.54) is 11.1 Å². The van der Waals surface area contributed by atoms with Gasteiger partial charge in [0.2, 0.25) is 0 Å². The molecular formula is C10H18BaO. The van der Waals surface area contributed by atoms with Gasteiger partial charge in [0, 0.05) is 48.9 Å². The van der Waals surface area contributed by atoms with E-state index < -0.39 is 0 Å². The smallest absolute Gasteiger partial charge is 0.0614 e. The second kappa shape index (κ2) is 10.1. The van der Waals surface area contributed by atoms with Crippen molar-refractivity contribution in [2.75, 3.05) is 6.61 Å². The van der Waals surface area contributed by atoms with Gasteiger partial charge in [-0.3, -0.25) is 0 Å². The van der Waals surface area contributed by atoms with Crippen LogP contribution in [0.1, 0.15) is 33.6 Å². The minimum absolute atomic E-state index is 0. The van der Waals surface area contributed by atoms with Crippen LogP contribution in [0, 0.1) is 0 Å². The third-order valence-corrected chi connectivity index (χ3v) is 1.53. The maximum absolute atomic E-state index is 8.55. The molecule has 1 nitrogen and oxygen atoms in total. The molecule has 0 atom stereocenters. The molecular weight excluding hydrogens is 273 g/mol. The molecule has 0 rings (SSSR count). The molecule has 0 aliphatic carbocycles. The normalized spacial score (nSPS) is 10.5. The third kappa shape index (κ3) is 11.0. The Balaban J connectivity index is 0. The monoisotopic (exact) mass is 292 g/mol. The summed E-state index contributed by atoms with van der Waals surface area (Å²) >= 11 is 0. The summed E-state index contributed by atoms with van der Waals surface area (Å²) in [4.78, 5) is 0. The summed E-state index contributed by atoms with van der Waals surface area (Å²) in [5.74, 6) is 0. The Labute approximate surface area is 116 Å². The summed E-state index contributed by atoms with van der Waals surface area (Å²) in [7, 11) is 0. The molecule has 12 heavy (non-hydrogen) atoms. The van der Waals surface area contributed by atoms with Gasteiger partial charge in [-0.15, -0.1) is 0 Å². The van der Waals surface area contributed by atoms with E-state index in [2.05, 4.69) is 26.8 Å². The molecule has 0 saturated carbocycles. The molecule has 0 aliphatic heterocycles. The van der Waals surface area contributed by atoms with Crippen molar-refractivity contribution in [2.45, 2.75) is 33.6 Å². The van der Waals surface area contributed by atoms with Gasteiger partial charge in [0.1, 0.15) is 0 Å². The van der Waals surface area contributed by atoms with Crippen molar-refractivity contribution in [1.29, 1.82) is 0 Å². The molecule has 0 saturated heterocycles. The first-order valence-electron chi connectivity index (χ1n) is 4.06. The third-order valence-electron chi connectivity index (χ3n) is 1.53. The van der Waals surface area contributed by atoms with Crippen molar-refractivity contribution in [3.8, 4) is 0 Å². The maximum Gasteiger partial charge on any atom is 0.0614 e. The van der Waals surface area contributed by atoms with E-state index in [0.29, 0.717) is 0 Å².